The number of likely N-dealkylation sites (tertiary alicyclic amines) is 1. The first kappa shape index (κ1) is 22.6. The largest absolute Gasteiger partial charge is 0.496 e. The zero-order valence-corrected chi connectivity index (χ0v) is 19.2. The first-order chi connectivity index (χ1) is 16.1. The van der Waals surface area contributed by atoms with Gasteiger partial charge in [0.1, 0.15) is 5.75 Å². The van der Waals surface area contributed by atoms with E-state index in [2.05, 4.69) is 29.6 Å². The summed E-state index contributed by atoms with van der Waals surface area (Å²) in [5.41, 5.74) is 3.20. The van der Waals surface area contributed by atoms with Crippen molar-refractivity contribution in [3.63, 3.8) is 0 Å². The highest BCUT2D eigenvalue weighted by Crippen LogP contribution is 2.38. The van der Waals surface area contributed by atoms with Crippen LogP contribution in [-0.2, 0) is 11.2 Å². The van der Waals surface area contributed by atoms with Crippen molar-refractivity contribution in [2.45, 2.75) is 19.8 Å². The Morgan fingerprint density at radius 3 is 2.42 bits per heavy atom. The van der Waals surface area contributed by atoms with Crippen molar-refractivity contribution in [1.82, 2.24) is 10.2 Å². The minimum absolute atomic E-state index is 0.00296. The maximum Gasteiger partial charge on any atom is 0.257 e. The summed E-state index contributed by atoms with van der Waals surface area (Å²) in [4.78, 5) is 28.5. The molecule has 170 valence electrons. The molecule has 1 saturated heterocycles. The topological polar surface area (TPSA) is 58.6 Å². The minimum atomic E-state index is -0.682. The van der Waals surface area contributed by atoms with Gasteiger partial charge in [0.25, 0.3) is 5.91 Å². The summed E-state index contributed by atoms with van der Waals surface area (Å²) in [5, 5.41) is 3.03. The van der Waals surface area contributed by atoms with Crippen molar-refractivity contribution in [3.05, 3.63) is 90.0 Å². The summed E-state index contributed by atoms with van der Waals surface area (Å²) in [7, 11) is 1.57. The van der Waals surface area contributed by atoms with Gasteiger partial charge in [-0.3, -0.25) is 9.59 Å². The van der Waals surface area contributed by atoms with Gasteiger partial charge in [0.2, 0.25) is 5.91 Å². The Morgan fingerprint density at radius 2 is 1.67 bits per heavy atom. The van der Waals surface area contributed by atoms with Gasteiger partial charge in [0.15, 0.2) is 0 Å². The monoisotopic (exact) mass is 442 g/mol. The molecule has 1 fully saturated rings. The molecule has 0 saturated carbocycles. The van der Waals surface area contributed by atoms with Crippen molar-refractivity contribution in [3.8, 4) is 16.9 Å². The van der Waals surface area contributed by atoms with Crippen molar-refractivity contribution in [1.29, 1.82) is 0 Å². The molecule has 3 aromatic carbocycles. The summed E-state index contributed by atoms with van der Waals surface area (Å²) in [6.07, 6.45) is 1.18. The third-order valence-corrected chi connectivity index (χ3v) is 6.43. The SMILES string of the molecule is CCNC(=O)[C@@]1(Cc2ccccc2-c2ccccc2)CCN(C(=O)c2ccccc2OC)C1. The predicted molar refractivity (Wildman–Crippen MR) is 130 cm³/mol. The second-order valence-corrected chi connectivity index (χ2v) is 8.52. The van der Waals surface area contributed by atoms with E-state index in [1.54, 1.807) is 24.1 Å². The Kier molecular flexibility index (Phi) is 6.78. The second-order valence-electron chi connectivity index (χ2n) is 8.52. The van der Waals surface area contributed by atoms with Crippen LogP contribution in [0.25, 0.3) is 11.1 Å². The molecule has 0 spiro atoms. The lowest BCUT2D eigenvalue weighted by molar-refractivity contribution is -0.130. The Balaban J connectivity index is 1.66. The van der Waals surface area contributed by atoms with Gasteiger partial charge in [0, 0.05) is 19.6 Å². The van der Waals surface area contributed by atoms with Gasteiger partial charge in [0.05, 0.1) is 18.1 Å². The molecule has 5 heteroatoms. The van der Waals surface area contributed by atoms with E-state index in [9.17, 15) is 9.59 Å². The number of nitrogens with zero attached hydrogens (tertiary/aromatic N) is 1. The highest BCUT2D eigenvalue weighted by atomic mass is 16.5. The van der Waals surface area contributed by atoms with Crippen molar-refractivity contribution >= 4 is 11.8 Å². The maximum absolute atomic E-state index is 13.4. The van der Waals surface area contributed by atoms with Crippen LogP contribution in [0, 0.1) is 5.41 Å². The number of nitrogens with one attached hydrogen (secondary N) is 1. The van der Waals surface area contributed by atoms with E-state index in [1.807, 2.05) is 49.4 Å². The van der Waals surface area contributed by atoms with Crippen LogP contribution in [0.3, 0.4) is 0 Å². The van der Waals surface area contributed by atoms with Gasteiger partial charge in [-0.15, -0.1) is 0 Å². The summed E-state index contributed by atoms with van der Waals surface area (Å²) in [6.45, 7) is 3.39. The Bertz CT molecular complexity index is 1130. The first-order valence-corrected chi connectivity index (χ1v) is 11.4. The quantitative estimate of drug-likeness (QED) is 0.583. The molecule has 0 aliphatic carbocycles. The van der Waals surface area contributed by atoms with Crippen LogP contribution >= 0.6 is 0 Å². The normalized spacial score (nSPS) is 17.6. The van der Waals surface area contributed by atoms with Gasteiger partial charge in [-0.25, -0.2) is 0 Å². The third kappa shape index (κ3) is 4.63. The molecule has 1 heterocycles. The highest BCUT2D eigenvalue weighted by molar-refractivity contribution is 5.98. The fourth-order valence-corrected chi connectivity index (χ4v) is 4.73. The van der Waals surface area contributed by atoms with E-state index in [-0.39, 0.29) is 11.8 Å². The van der Waals surface area contributed by atoms with E-state index in [0.29, 0.717) is 43.8 Å². The molecule has 0 aromatic heterocycles. The van der Waals surface area contributed by atoms with E-state index in [0.717, 1.165) is 16.7 Å². The standard InChI is InChI=1S/C28H30N2O3/c1-3-29-27(32)28(19-22-13-7-8-14-23(22)21-11-5-4-6-12-21)17-18-30(20-28)26(31)24-15-9-10-16-25(24)33-2/h4-16H,3,17-20H2,1-2H3,(H,29,32)/t28-/m1/s1. The fourth-order valence-electron chi connectivity index (χ4n) is 4.73. The van der Waals surface area contributed by atoms with Crippen LogP contribution in [-0.4, -0.2) is 43.5 Å². The van der Waals surface area contributed by atoms with Crippen LogP contribution in [0.15, 0.2) is 78.9 Å². The Labute approximate surface area is 195 Å². The lowest BCUT2D eigenvalue weighted by Crippen LogP contribution is -2.45. The smallest absolute Gasteiger partial charge is 0.257 e. The number of carbonyl (C=O) groups excluding carboxylic acids is 2. The molecule has 0 unspecified atom stereocenters. The third-order valence-electron chi connectivity index (χ3n) is 6.43. The second kappa shape index (κ2) is 9.90. The van der Waals surface area contributed by atoms with E-state index in [4.69, 9.17) is 4.74 Å². The van der Waals surface area contributed by atoms with Crippen LogP contribution in [0.2, 0.25) is 0 Å². The summed E-state index contributed by atoms with van der Waals surface area (Å²) in [6, 6.07) is 25.7. The minimum Gasteiger partial charge on any atom is -0.496 e. The zero-order valence-electron chi connectivity index (χ0n) is 19.2. The van der Waals surface area contributed by atoms with Crippen LogP contribution < -0.4 is 10.1 Å². The number of para-hydroxylation sites is 1. The van der Waals surface area contributed by atoms with Gasteiger partial charge in [-0.2, -0.15) is 0 Å². The summed E-state index contributed by atoms with van der Waals surface area (Å²) >= 11 is 0. The molecule has 2 amide bonds. The molecule has 33 heavy (non-hydrogen) atoms. The molecule has 0 radical (unpaired) electrons. The average molecular weight is 443 g/mol. The fraction of sp³-hybridized carbons (Fsp3) is 0.286. The summed E-state index contributed by atoms with van der Waals surface area (Å²) < 4.78 is 5.40. The number of rotatable bonds is 7. The number of hydrogen-bond donors (Lipinski definition) is 1. The number of hydrogen-bond acceptors (Lipinski definition) is 3. The van der Waals surface area contributed by atoms with Gasteiger partial charge in [-0.05, 0) is 48.6 Å². The van der Waals surface area contributed by atoms with Crippen LogP contribution in [0.4, 0.5) is 0 Å². The molecule has 4 rings (SSSR count). The maximum atomic E-state index is 13.4. The van der Waals surface area contributed by atoms with E-state index in [1.165, 1.54) is 0 Å². The number of ether oxygens (including phenoxy) is 1. The number of amides is 2. The lowest BCUT2D eigenvalue weighted by Gasteiger charge is -2.29. The molecule has 1 aliphatic heterocycles. The predicted octanol–water partition coefficient (Wildman–Crippen LogP) is 4.57. The molecule has 1 N–H and O–H groups in total. The molecule has 0 bridgehead atoms. The average Bonchev–Trinajstić information content (AvgIpc) is 3.30. The molecule has 5 nitrogen and oxygen atoms in total. The lowest BCUT2D eigenvalue weighted by atomic mass is 9.78. The zero-order chi connectivity index (χ0) is 23.3. The Morgan fingerprint density at radius 1 is 0.970 bits per heavy atom. The Hall–Kier alpha value is -3.60. The molecular formula is C28H30N2O3. The highest BCUT2D eigenvalue weighted by Gasteiger charge is 2.46. The van der Waals surface area contributed by atoms with Gasteiger partial charge < -0.3 is 15.0 Å². The molecule has 1 atom stereocenters. The van der Waals surface area contributed by atoms with Crippen LogP contribution in [0.1, 0.15) is 29.3 Å². The molecule has 3 aromatic rings. The van der Waals surface area contributed by atoms with Crippen LogP contribution in [0.5, 0.6) is 5.75 Å². The number of methoxy groups -OCH3 is 1. The molecular weight excluding hydrogens is 412 g/mol. The first-order valence-electron chi connectivity index (χ1n) is 11.4. The van der Waals surface area contributed by atoms with Crippen molar-refractivity contribution in [2.24, 2.45) is 5.41 Å². The van der Waals surface area contributed by atoms with Gasteiger partial charge in [-0.1, -0.05) is 66.7 Å². The van der Waals surface area contributed by atoms with E-state index < -0.39 is 5.41 Å². The summed E-state index contributed by atoms with van der Waals surface area (Å²) in [5.74, 6) is 0.450. The van der Waals surface area contributed by atoms with Crippen molar-refractivity contribution < 1.29 is 14.3 Å². The molecule has 1 aliphatic rings. The number of carbonyl (C=O) groups is 2. The van der Waals surface area contributed by atoms with E-state index >= 15 is 0 Å². The van der Waals surface area contributed by atoms with Gasteiger partial charge >= 0.3 is 0 Å². The number of benzene rings is 3. The van der Waals surface area contributed by atoms with Crippen molar-refractivity contribution in [2.75, 3.05) is 26.7 Å².